The third-order valence-corrected chi connectivity index (χ3v) is 6.00. The summed E-state index contributed by atoms with van der Waals surface area (Å²) in [6.45, 7) is 12.0. The van der Waals surface area contributed by atoms with Gasteiger partial charge in [-0.1, -0.05) is 23.3 Å². The highest BCUT2D eigenvalue weighted by Gasteiger charge is 2.27. The molecule has 1 aliphatic rings. The van der Waals surface area contributed by atoms with E-state index in [2.05, 4.69) is 0 Å². The molecular formula is C32H36O8. The highest BCUT2D eigenvalue weighted by Crippen LogP contribution is 2.46. The van der Waals surface area contributed by atoms with Crippen molar-refractivity contribution >= 4 is 29.6 Å². The minimum Gasteiger partial charge on any atom is -0.496 e. The predicted octanol–water partition coefficient (Wildman–Crippen LogP) is 6.42. The second-order valence-electron chi connectivity index (χ2n) is 9.93. The minimum absolute atomic E-state index is 0.145. The van der Waals surface area contributed by atoms with Crippen LogP contribution in [0.3, 0.4) is 0 Å². The molecule has 0 aliphatic carbocycles. The van der Waals surface area contributed by atoms with Crippen molar-refractivity contribution < 1.29 is 38.1 Å². The Morgan fingerprint density at radius 3 is 1.85 bits per heavy atom. The lowest BCUT2D eigenvalue weighted by molar-refractivity contribution is -0.133. The number of ether oxygens (including phenoxy) is 5. The van der Waals surface area contributed by atoms with Gasteiger partial charge in [0.1, 0.15) is 35.4 Å². The number of carbonyl (C=O) groups excluding carboxylic acids is 3. The van der Waals surface area contributed by atoms with Crippen LogP contribution in [0.1, 0.15) is 70.7 Å². The zero-order chi connectivity index (χ0) is 29.6. The van der Waals surface area contributed by atoms with Crippen molar-refractivity contribution in [2.24, 2.45) is 0 Å². The molecule has 0 N–H and O–H groups in total. The largest absolute Gasteiger partial charge is 0.496 e. The average molecular weight is 549 g/mol. The highest BCUT2D eigenvalue weighted by atomic mass is 16.5. The maximum atomic E-state index is 12.2. The van der Waals surface area contributed by atoms with Gasteiger partial charge in [0.2, 0.25) is 0 Å². The molecule has 2 aromatic rings. The molecule has 1 aliphatic heterocycles. The van der Waals surface area contributed by atoms with Gasteiger partial charge in [-0.3, -0.25) is 14.4 Å². The summed E-state index contributed by atoms with van der Waals surface area (Å²) in [7, 11) is 1.55. The standard InChI is InChI=1S/C32H36O8/c1-18(2)9-11-25-28(38-20(5)33)14-13-24(32(25)40-22(7)35)23-15-27-29(37-17-23)16-30(39-21(6)34)26(31(27)36-8)12-10-19(3)4/h9-10,13-16H,11-12,17H2,1-8H3. The third-order valence-electron chi connectivity index (χ3n) is 6.00. The highest BCUT2D eigenvalue weighted by molar-refractivity contribution is 5.92. The van der Waals surface area contributed by atoms with Crippen LogP contribution in [0.15, 0.2) is 41.5 Å². The van der Waals surface area contributed by atoms with Crippen molar-refractivity contribution in [3.8, 4) is 28.7 Å². The first kappa shape index (κ1) is 30.2. The molecule has 0 radical (unpaired) electrons. The van der Waals surface area contributed by atoms with Crippen molar-refractivity contribution in [3.05, 3.63) is 63.8 Å². The van der Waals surface area contributed by atoms with E-state index in [0.29, 0.717) is 63.8 Å². The van der Waals surface area contributed by atoms with Crippen molar-refractivity contribution in [1.29, 1.82) is 0 Å². The van der Waals surface area contributed by atoms with Crippen LogP contribution in [0, 0.1) is 0 Å². The van der Waals surface area contributed by atoms with Crippen molar-refractivity contribution in [2.75, 3.05) is 13.7 Å². The molecule has 0 fully saturated rings. The summed E-state index contributed by atoms with van der Waals surface area (Å²) in [5.74, 6) is 0.545. The van der Waals surface area contributed by atoms with Gasteiger partial charge in [-0.15, -0.1) is 0 Å². The van der Waals surface area contributed by atoms with Crippen LogP contribution in [0.25, 0.3) is 11.6 Å². The number of hydrogen-bond donors (Lipinski definition) is 0. The first-order valence-electron chi connectivity index (χ1n) is 13.0. The maximum absolute atomic E-state index is 12.2. The monoisotopic (exact) mass is 548 g/mol. The summed E-state index contributed by atoms with van der Waals surface area (Å²) in [5, 5.41) is 0. The molecule has 0 aromatic heterocycles. The molecular weight excluding hydrogens is 512 g/mol. The van der Waals surface area contributed by atoms with E-state index in [1.165, 1.54) is 20.8 Å². The van der Waals surface area contributed by atoms with E-state index in [4.69, 9.17) is 23.7 Å². The van der Waals surface area contributed by atoms with Crippen LogP contribution >= 0.6 is 0 Å². The quantitative estimate of drug-likeness (QED) is 0.201. The Hall–Kier alpha value is -4.33. The topological polar surface area (TPSA) is 97.4 Å². The molecule has 1 heterocycles. The number of methoxy groups -OCH3 is 1. The zero-order valence-electron chi connectivity index (χ0n) is 24.4. The van der Waals surface area contributed by atoms with Crippen LogP contribution in [0.4, 0.5) is 0 Å². The molecule has 2 aromatic carbocycles. The van der Waals surface area contributed by atoms with Crippen molar-refractivity contribution in [1.82, 2.24) is 0 Å². The zero-order valence-corrected chi connectivity index (χ0v) is 24.4. The third kappa shape index (κ3) is 7.40. The summed E-state index contributed by atoms with van der Waals surface area (Å²) in [4.78, 5) is 35.9. The van der Waals surface area contributed by atoms with Gasteiger partial charge < -0.3 is 23.7 Å². The molecule has 0 saturated carbocycles. The Morgan fingerprint density at radius 2 is 1.32 bits per heavy atom. The Kier molecular flexibility index (Phi) is 9.93. The predicted molar refractivity (Wildman–Crippen MR) is 153 cm³/mol. The molecule has 8 heteroatoms. The normalized spacial score (nSPS) is 11.8. The molecule has 212 valence electrons. The van der Waals surface area contributed by atoms with E-state index in [0.717, 1.165) is 16.7 Å². The first-order valence-corrected chi connectivity index (χ1v) is 13.0. The van der Waals surface area contributed by atoms with Gasteiger partial charge in [0.25, 0.3) is 0 Å². The lowest BCUT2D eigenvalue weighted by Crippen LogP contribution is -2.14. The van der Waals surface area contributed by atoms with Gasteiger partial charge in [0.05, 0.1) is 12.7 Å². The Morgan fingerprint density at radius 1 is 0.775 bits per heavy atom. The number of benzene rings is 2. The number of fused-ring (bicyclic) bond motifs is 1. The average Bonchev–Trinajstić information content (AvgIpc) is 2.85. The summed E-state index contributed by atoms with van der Waals surface area (Å²) >= 11 is 0. The molecule has 0 unspecified atom stereocenters. The van der Waals surface area contributed by atoms with Crippen LogP contribution < -0.4 is 23.7 Å². The molecule has 0 spiro atoms. The Bertz CT molecular complexity index is 1420. The molecule has 0 amide bonds. The number of rotatable bonds is 9. The number of hydrogen-bond acceptors (Lipinski definition) is 8. The van der Waals surface area contributed by atoms with Crippen LogP contribution in [0.2, 0.25) is 0 Å². The fourth-order valence-corrected chi connectivity index (χ4v) is 4.30. The van der Waals surface area contributed by atoms with Crippen LogP contribution in [-0.4, -0.2) is 31.6 Å². The number of carbonyl (C=O) groups is 3. The minimum atomic E-state index is -0.509. The SMILES string of the molecule is COc1c2c(cc(OC(C)=O)c1CC=C(C)C)OCC(c1ccc(OC(C)=O)c(CC=C(C)C)c1OC(C)=O)=C2. The molecule has 8 nitrogen and oxygen atoms in total. The molecule has 40 heavy (non-hydrogen) atoms. The lowest BCUT2D eigenvalue weighted by Gasteiger charge is -2.25. The summed E-state index contributed by atoms with van der Waals surface area (Å²) in [5.41, 5.74) is 5.43. The lowest BCUT2D eigenvalue weighted by atomic mass is 9.94. The molecule has 0 saturated heterocycles. The summed E-state index contributed by atoms with van der Waals surface area (Å²) < 4.78 is 28.7. The second-order valence-corrected chi connectivity index (χ2v) is 9.93. The fourth-order valence-electron chi connectivity index (χ4n) is 4.30. The first-order chi connectivity index (χ1) is 18.9. The number of esters is 3. The van der Waals surface area contributed by atoms with Crippen LogP contribution in [0.5, 0.6) is 28.7 Å². The second kappa shape index (κ2) is 13.2. The van der Waals surface area contributed by atoms with Gasteiger partial charge >= 0.3 is 17.9 Å². The van der Waals surface area contributed by atoms with E-state index in [1.807, 2.05) is 45.9 Å². The van der Waals surface area contributed by atoms with Crippen LogP contribution in [-0.2, 0) is 27.2 Å². The smallest absolute Gasteiger partial charge is 0.308 e. The van der Waals surface area contributed by atoms with Gasteiger partial charge in [0.15, 0.2) is 0 Å². The summed E-state index contributed by atoms with van der Waals surface area (Å²) in [6, 6.07) is 5.12. The van der Waals surface area contributed by atoms with Gasteiger partial charge in [-0.05, 0) is 58.7 Å². The van der Waals surface area contributed by atoms with Gasteiger partial charge in [-0.2, -0.15) is 0 Å². The maximum Gasteiger partial charge on any atom is 0.308 e. The van der Waals surface area contributed by atoms with Crippen molar-refractivity contribution in [3.63, 3.8) is 0 Å². The number of allylic oxidation sites excluding steroid dienone is 4. The molecule has 3 rings (SSSR count). The van der Waals surface area contributed by atoms with E-state index < -0.39 is 17.9 Å². The van der Waals surface area contributed by atoms with E-state index in [1.54, 1.807) is 25.3 Å². The van der Waals surface area contributed by atoms with Gasteiger partial charge in [0, 0.05) is 49.1 Å². The molecule has 0 atom stereocenters. The fraction of sp³-hybridized carbons (Fsp3) is 0.344. The van der Waals surface area contributed by atoms with Crippen molar-refractivity contribution in [2.45, 2.75) is 61.3 Å². The van der Waals surface area contributed by atoms with E-state index in [-0.39, 0.29) is 6.61 Å². The van der Waals surface area contributed by atoms with E-state index in [9.17, 15) is 14.4 Å². The van der Waals surface area contributed by atoms with E-state index >= 15 is 0 Å². The molecule has 0 bridgehead atoms. The Labute approximate surface area is 235 Å². The van der Waals surface area contributed by atoms with Gasteiger partial charge in [-0.25, -0.2) is 0 Å². The summed E-state index contributed by atoms with van der Waals surface area (Å²) in [6.07, 6.45) is 6.77. The Balaban J connectivity index is 2.28.